The summed E-state index contributed by atoms with van der Waals surface area (Å²) >= 11 is 0. The molecule has 1 heterocycles. The van der Waals surface area contributed by atoms with E-state index in [9.17, 15) is 9.59 Å². The number of nitrogens with one attached hydrogen (secondary N) is 1. The molecular weight excluding hydrogens is 350 g/mol. The van der Waals surface area contributed by atoms with Crippen LogP contribution in [0.4, 0.5) is 0 Å². The second-order valence-electron chi connectivity index (χ2n) is 7.57. The second-order valence-corrected chi connectivity index (χ2v) is 7.57. The average Bonchev–Trinajstić information content (AvgIpc) is 2.70. The van der Waals surface area contributed by atoms with Crippen molar-refractivity contribution in [2.75, 3.05) is 32.7 Å². The maximum absolute atomic E-state index is 12.5. The summed E-state index contributed by atoms with van der Waals surface area (Å²) in [6.07, 6.45) is 0. The van der Waals surface area contributed by atoms with Gasteiger partial charge in [0.05, 0.1) is 6.54 Å². The van der Waals surface area contributed by atoms with Gasteiger partial charge in [-0.1, -0.05) is 30.3 Å². The molecule has 2 aromatic carbocycles. The van der Waals surface area contributed by atoms with Gasteiger partial charge in [-0.05, 0) is 55.2 Å². The highest BCUT2D eigenvalue weighted by Crippen LogP contribution is 2.13. The lowest BCUT2D eigenvalue weighted by molar-refractivity contribution is -0.131. The van der Waals surface area contributed by atoms with Gasteiger partial charge in [-0.15, -0.1) is 0 Å². The van der Waals surface area contributed by atoms with E-state index in [4.69, 9.17) is 0 Å². The van der Waals surface area contributed by atoms with Crippen molar-refractivity contribution in [3.63, 3.8) is 0 Å². The molecule has 1 aliphatic rings. The van der Waals surface area contributed by atoms with E-state index in [0.717, 1.165) is 30.8 Å². The number of hydrogen-bond acceptors (Lipinski definition) is 3. The SMILES string of the molecule is Cc1ccc(C(=O)NCC(=O)N2CCN(Cc3ccccc3C)CC2)cc1C. The van der Waals surface area contributed by atoms with Gasteiger partial charge in [0.25, 0.3) is 5.91 Å². The molecule has 0 aromatic heterocycles. The van der Waals surface area contributed by atoms with Crippen LogP contribution in [0.25, 0.3) is 0 Å². The minimum absolute atomic E-state index is 0.0206. The third kappa shape index (κ3) is 4.98. The van der Waals surface area contributed by atoms with Gasteiger partial charge < -0.3 is 10.2 Å². The van der Waals surface area contributed by atoms with Crippen LogP contribution < -0.4 is 5.32 Å². The molecule has 0 unspecified atom stereocenters. The van der Waals surface area contributed by atoms with Crippen LogP contribution in [0, 0.1) is 20.8 Å². The Morgan fingerprint density at radius 1 is 0.893 bits per heavy atom. The summed E-state index contributed by atoms with van der Waals surface area (Å²) in [5, 5.41) is 2.76. The summed E-state index contributed by atoms with van der Waals surface area (Å²) in [5.41, 5.74) is 5.46. The molecule has 3 rings (SSSR count). The molecule has 0 spiro atoms. The molecule has 0 aliphatic carbocycles. The largest absolute Gasteiger partial charge is 0.343 e. The first-order chi connectivity index (χ1) is 13.4. The van der Waals surface area contributed by atoms with Crippen molar-refractivity contribution >= 4 is 11.8 Å². The Morgan fingerprint density at radius 3 is 2.29 bits per heavy atom. The van der Waals surface area contributed by atoms with E-state index in [2.05, 4.69) is 41.4 Å². The molecule has 0 radical (unpaired) electrons. The van der Waals surface area contributed by atoms with Crippen LogP contribution in [0.2, 0.25) is 0 Å². The maximum Gasteiger partial charge on any atom is 0.251 e. The standard InChI is InChI=1S/C23H29N3O2/c1-17-8-9-20(14-19(17)3)23(28)24-15-22(27)26-12-10-25(11-13-26)16-21-7-5-4-6-18(21)2/h4-9,14H,10-13,15-16H2,1-3H3,(H,24,28). The first-order valence-electron chi connectivity index (χ1n) is 9.84. The topological polar surface area (TPSA) is 52.7 Å². The smallest absolute Gasteiger partial charge is 0.251 e. The van der Waals surface area contributed by atoms with E-state index in [1.165, 1.54) is 11.1 Å². The molecule has 0 saturated carbocycles. The Kier molecular flexibility index (Phi) is 6.47. The quantitative estimate of drug-likeness (QED) is 0.869. The number of nitrogens with zero attached hydrogens (tertiary/aromatic N) is 2. The van der Waals surface area contributed by atoms with E-state index in [-0.39, 0.29) is 18.4 Å². The summed E-state index contributed by atoms with van der Waals surface area (Å²) in [6, 6.07) is 14.0. The Bertz CT molecular complexity index is 855. The number of aryl methyl sites for hydroxylation is 3. The lowest BCUT2D eigenvalue weighted by Crippen LogP contribution is -2.50. The van der Waals surface area contributed by atoms with Crippen molar-refractivity contribution in [2.45, 2.75) is 27.3 Å². The fraction of sp³-hybridized carbons (Fsp3) is 0.391. The monoisotopic (exact) mass is 379 g/mol. The van der Waals surface area contributed by atoms with Gasteiger partial charge in [0.15, 0.2) is 0 Å². The normalized spacial score (nSPS) is 14.8. The van der Waals surface area contributed by atoms with Gasteiger partial charge in [-0.2, -0.15) is 0 Å². The van der Waals surface area contributed by atoms with Crippen LogP contribution in [0.3, 0.4) is 0 Å². The van der Waals surface area contributed by atoms with Gasteiger partial charge >= 0.3 is 0 Å². The summed E-state index contributed by atoms with van der Waals surface area (Å²) in [5.74, 6) is -0.220. The number of carbonyl (C=O) groups excluding carboxylic acids is 2. The van der Waals surface area contributed by atoms with Gasteiger partial charge in [0.1, 0.15) is 0 Å². The molecule has 1 saturated heterocycles. The van der Waals surface area contributed by atoms with Gasteiger partial charge in [-0.25, -0.2) is 0 Å². The maximum atomic E-state index is 12.5. The van der Waals surface area contributed by atoms with Gasteiger partial charge in [0.2, 0.25) is 5.91 Å². The number of rotatable bonds is 5. The Labute approximate surface area is 167 Å². The van der Waals surface area contributed by atoms with Gasteiger partial charge in [-0.3, -0.25) is 14.5 Å². The minimum Gasteiger partial charge on any atom is -0.343 e. The molecule has 0 bridgehead atoms. The van der Waals surface area contributed by atoms with Crippen molar-refractivity contribution in [1.82, 2.24) is 15.1 Å². The molecule has 148 valence electrons. The van der Waals surface area contributed by atoms with Crippen LogP contribution in [0.1, 0.15) is 32.6 Å². The third-order valence-electron chi connectivity index (χ3n) is 5.55. The predicted octanol–water partition coefficient (Wildman–Crippen LogP) is 2.69. The summed E-state index contributed by atoms with van der Waals surface area (Å²) in [6.45, 7) is 10.2. The molecule has 2 aromatic rings. The predicted molar refractivity (Wildman–Crippen MR) is 111 cm³/mol. The number of hydrogen-bond donors (Lipinski definition) is 1. The Morgan fingerprint density at radius 2 is 1.61 bits per heavy atom. The molecule has 5 nitrogen and oxygen atoms in total. The average molecular weight is 380 g/mol. The molecule has 2 amide bonds. The number of carbonyl (C=O) groups is 2. The minimum atomic E-state index is -0.199. The van der Waals surface area contributed by atoms with E-state index in [1.807, 2.05) is 30.9 Å². The van der Waals surface area contributed by atoms with Crippen molar-refractivity contribution in [1.29, 1.82) is 0 Å². The van der Waals surface area contributed by atoms with Crippen molar-refractivity contribution in [3.05, 3.63) is 70.3 Å². The van der Waals surface area contributed by atoms with Gasteiger partial charge in [0, 0.05) is 38.3 Å². The Hall–Kier alpha value is -2.66. The third-order valence-corrected chi connectivity index (χ3v) is 5.55. The lowest BCUT2D eigenvalue weighted by atomic mass is 10.1. The molecule has 28 heavy (non-hydrogen) atoms. The van der Waals surface area contributed by atoms with Crippen molar-refractivity contribution < 1.29 is 9.59 Å². The van der Waals surface area contributed by atoms with E-state index in [1.54, 1.807) is 6.07 Å². The van der Waals surface area contributed by atoms with Crippen LogP contribution in [-0.4, -0.2) is 54.3 Å². The number of piperazine rings is 1. The highest BCUT2D eigenvalue weighted by Gasteiger charge is 2.21. The van der Waals surface area contributed by atoms with Crippen molar-refractivity contribution in [3.8, 4) is 0 Å². The van der Waals surface area contributed by atoms with Crippen LogP contribution >= 0.6 is 0 Å². The summed E-state index contributed by atoms with van der Waals surface area (Å²) in [4.78, 5) is 29.0. The molecule has 1 aliphatic heterocycles. The van der Waals surface area contributed by atoms with Crippen LogP contribution in [0.15, 0.2) is 42.5 Å². The lowest BCUT2D eigenvalue weighted by Gasteiger charge is -2.35. The zero-order chi connectivity index (χ0) is 20.1. The van der Waals surface area contributed by atoms with E-state index in [0.29, 0.717) is 18.7 Å². The molecule has 1 fully saturated rings. The highest BCUT2D eigenvalue weighted by molar-refractivity contribution is 5.96. The molecular formula is C23H29N3O2. The zero-order valence-electron chi connectivity index (χ0n) is 17.0. The highest BCUT2D eigenvalue weighted by atomic mass is 16.2. The first-order valence-corrected chi connectivity index (χ1v) is 9.84. The fourth-order valence-corrected chi connectivity index (χ4v) is 3.44. The first kappa shape index (κ1) is 20.1. The van der Waals surface area contributed by atoms with Crippen molar-refractivity contribution in [2.24, 2.45) is 0 Å². The Balaban J connectivity index is 1.45. The molecule has 5 heteroatoms. The number of benzene rings is 2. The zero-order valence-corrected chi connectivity index (χ0v) is 17.0. The van der Waals surface area contributed by atoms with E-state index < -0.39 is 0 Å². The second kappa shape index (κ2) is 9.02. The van der Waals surface area contributed by atoms with Crippen LogP contribution in [-0.2, 0) is 11.3 Å². The summed E-state index contributed by atoms with van der Waals surface area (Å²) < 4.78 is 0. The van der Waals surface area contributed by atoms with E-state index >= 15 is 0 Å². The molecule has 1 N–H and O–H groups in total. The molecule has 0 atom stereocenters. The number of amides is 2. The summed E-state index contributed by atoms with van der Waals surface area (Å²) in [7, 11) is 0. The fourth-order valence-electron chi connectivity index (χ4n) is 3.44. The van der Waals surface area contributed by atoms with Crippen LogP contribution in [0.5, 0.6) is 0 Å².